The van der Waals surface area contributed by atoms with Gasteiger partial charge in [0.15, 0.2) is 5.82 Å². The Hall–Kier alpha value is -5.54. The van der Waals surface area contributed by atoms with Gasteiger partial charge in [-0.1, -0.05) is 103 Å². The van der Waals surface area contributed by atoms with Gasteiger partial charge in [0.05, 0.1) is 11.2 Å². The molecule has 0 N–H and O–H groups in total. The lowest BCUT2D eigenvalue weighted by Crippen LogP contribution is -1.95. The van der Waals surface area contributed by atoms with E-state index < -0.39 is 0 Å². The number of benzene rings is 7. The molecule has 9 rings (SSSR count). The third kappa shape index (κ3) is 3.39. The molecule has 0 atom stereocenters. The number of para-hydroxylation sites is 2. The number of furan rings is 1. The first-order valence-corrected chi connectivity index (χ1v) is 13.8. The Morgan fingerprint density at radius 2 is 1.15 bits per heavy atom. The van der Waals surface area contributed by atoms with Crippen LogP contribution >= 0.6 is 0 Å². The van der Waals surface area contributed by atoms with Crippen LogP contribution in [0.5, 0.6) is 0 Å². The van der Waals surface area contributed by atoms with Gasteiger partial charge in [-0.3, -0.25) is 0 Å². The van der Waals surface area contributed by atoms with E-state index in [9.17, 15) is 0 Å². The summed E-state index contributed by atoms with van der Waals surface area (Å²) in [6, 6.07) is 46.7. The van der Waals surface area contributed by atoms with E-state index in [1.165, 1.54) is 26.9 Å². The van der Waals surface area contributed by atoms with Crippen molar-refractivity contribution in [2.24, 2.45) is 0 Å². The van der Waals surface area contributed by atoms with Crippen LogP contribution in [0.2, 0.25) is 0 Å². The number of hydrogen-bond donors (Lipinski definition) is 0. The van der Waals surface area contributed by atoms with Crippen LogP contribution in [-0.4, -0.2) is 9.97 Å². The molecule has 190 valence electrons. The second-order valence-corrected chi connectivity index (χ2v) is 10.6. The van der Waals surface area contributed by atoms with Crippen molar-refractivity contribution in [3.05, 3.63) is 133 Å². The summed E-state index contributed by atoms with van der Waals surface area (Å²) in [5.41, 5.74) is 5.81. The molecule has 0 amide bonds. The second-order valence-electron chi connectivity index (χ2n) is 10.6. The monoisotopic (exact) mass is 522 g/mol. The van der Waals surface area contributed by atoms with Crippen LogP contribution < -0.4 is 0 Å². The molecule has 3 nitrogen and oxygen atoms in total. The summed E-state index contributed by atoms with van der Waals surface area (Å²) in [7, 11) is 0. The Balaban J connectivity index is 1.28. The molecular weight excluding hydrogens is 500 g/mol. The first-order chi connectivity index (χ1) is 20.3. The van der Waals surface area contributed by atoms with Gasteiger partial charge in [-0.05, 0) is 62.6 Å². The predicted molar refractivity (Wildman–Crippen MR) is 170 cm³/mol. The Morgan fingerprint density at radius 3 is 2.02 bits per heavy atom. The molecule has 7 aromatic carbocycles. The molecule has 41 heavy (non-hydrogen) atoms. The van der Waals surface area contributed by atoms with Gasteiger partial charge in [0, 0.05) is 27.3 Å². The Labute approximate surface area is 235 Å². The van der Waals surface area contributed by atoms with Crippen molar-refractivity contribution in [3.63, 3.8) is 0 Å². The minimum Gasteiger partial charge on any atom is -0.456 e. The molecule has 0 radical (unpaired) electrons. The molecule has 0 aliphatic carbocycles. The summed E-state index contributed by atoms with van der Waals surface area (Å²) < 4.78 is 6.26. The lowest BCUT2D eigenvalue weighted by atomic mass is 9.94. The average molecular weight is 523 g/mol. The lowest BCUT2D eigenvalue weighted by molar-refractivity contribution is 0.669. The van der Waals surface area contributed by atoms with Crippen LogP contribution in [0.1, 0.15) is 0 Å². The Bertz CT molecular complexity index is 2470. The summed E-state index contributed by atoms with van der Waals surface area (Å²) in [5.74, 6) is 0.728. The Kier molecular flexibility index (Phi) is 4.61. The first kappa shape index (κ1) is 22.3. The summed E-state index contributed by atoms with van der Waals surface area (Å²) in [6.45, 7) is 0. The third-order valence-corrected chi connectivity index (χ3v) is 8.22. The van der Waals surface area contributed by atoms with E-state index >= 15 is 0 Å². The van der Waals surface area contributed by atoms with Gasteiger partial charge in [0.2, 0.25) is 0 Å². The first-order valence-electron chi connectivity index (χ1n) is 13.8. The molecule has 0 unspecified atom stereocenters. The van der Waals surface area contributed by atoms with E-state index in [2.05, 4.69) is 103 Å². The molecule has 3 heteroatoms. The lowest BCUT2D eigenvalue weighted by Gasteiger charge is -2.12. The van der Waals surface area contributed by atoms with E-state index in [0.29, 0.717) is 0 Å². The van der Waals surface area contributed by atoms with Gasteiger partial charge < -0.3 is 4.42 Å². The zero-order chi connectivity index (χ0) is 26.9. The molecule has 0 saturated heterocycles. The zero-order valence-electron chi connectivity index (χ0n) is 22.0. The van der Waals surface area contributed by atoms with Crippen LogP contribution in [0.15, 0.2) is 138 Å². The molecule has 0 fully saturated rings. The third-order valence-electron chi connectivity index (χ3n) is 8.22. The smallest absolute Gasteiger partial charge is 0.160 e. The van der Waals surface area contributed by atoms with Crippen LogP contribution in [0.25, 0.3) is 87.8 Å². The minimum atomic E-state index is 0.728. The summed E-state index contributed by atoms with van der Waals surface area (Å²) >= 11 is 0. The number of fused-ring (bicyclic) bond motifs is 9. The molecule has 0 spiro atoms. The van der Waals surface area contributed by atoms with Crippen molar-refractivity contribution in [2.45, 2.75) is 0 Å². The minimum absolute atomic E-state index is 0.728. The fourth-order valence-electron chi connectivity index (χ4n) is 6.27. The van der Waals surface area contributed by atoms with Crippen LogP contribution in [0.4, 0.5) is 0 Å². The van der Waals surface area contributed by atoms with Crippen LogP contribution in [0.3, 0.4) is 0 Å². The quantitative estimate of drug-likeness (QED) is 0.212. The SMILES string of the molecule is c1ccc(-c2nc(-c3ccc4c(ccc5ccc6cc7c(cc6c54)oc4ccccc47)c3)nc3ccccc23)cc1. The number of nitrogens with zero attached hydrogens (tertiary/aromatic N) is 2. The van der Waals surface area contributed by atoms with E-state index in [0.717, 1.165) is 60.9 Å². The maximum Gasteiger partial charge on any atom is 0.160 e. The molecule has 2 heterocycles. The highest BCUT2D eigenvalue weighted by atomic mass is 16.3. The van der Waals surface area contributed by atoms with E-state index in [1.807, 2.05) is 30.3 Å². The van der Waals surface area contributed by atoms with Crippen molar-refractivity contribution in [2.75, 3.05) is 0 Å². The van der Waals surface area contributed by atoms with Crippen molar-refractivity contribution in [3.8, 4) is 22.6 Å². The molecule has 0 aliphatic rings. The van der Waals surface area contributed by atoms with Crippen molar-refractivity contribution >= 4 is 65.2 Å². The highest BCUT2D eigenvalue weighted by Crippen LogP contribution is 2.38. The largest absolute Gasteiger partial charge is 0.456 e. The van der Waals surface area contributed by atoms with Crippen LogP contribution in [-0.2, 0) is 0 Å². The van der Waals surface area contributed by atoms with Gasteiger partial charge >= 0.3 is 0 Å². The Morgan fingerprint density at radius 1 is 0.415 bits per heavy atom. The van der Waals surface area contributed by atoms with E-state index in [1.54, 1.807) is 0 Å². The normalized spacial score (nSPS) is 11.9. The average Bonchev–Trinajstić information content (AvgIpc) is 3.40. The summed E-state index contributed by atoms with van der Waals surface area (Å²) in [4.78, 5) is 10.1. The topological polar surface area (TPSA) is 38.9 Å². The number of rotatable bonds is 2. The van der Waals surface area contributed by atoms with Crippen LogP contribution in [0, 0.1) is 0 Å². The molecule has 0 saturated carbocycles. The molecule has 0 bridgehead atoms. The van der Waals surface area contributed by atoms with Gasteiger partial charge in [-0.25, -0.2) is 9.97 Å². The standard InChI is InChI=1S/C38H22N2O/c1-2-8-24(9-3-1)37-30-11-4-6-12-33(30)39-38(40-37)27-18-19-28-25(20-27)16-14-23-15-17-26-21-32-29-10-5-7-13-34(29)41-35(32)22-31(26)36(23)28/h1-22H. The fraction of sp³-hybridized carbons (Fsp3) is 0. The predicted octanol–water partition coefficient (Wildman–Crippen LogP) is 10.3. The van der Waals surface area contributed by atoms with Gasteiger partial charge in [0.1, 0.15) is 11.2 Å². The fourth-order valence-corrected chi connectivity index (χ4v) is 6.27. The molecule has 2 aromatic heterocycles. The highest BCUT2D eigenvalue weighted by Gasteiger charge is 2.14. The van der Waals surface area contributed by atoms with Gasteiger partial charge in [-0.2, -0.15) is 0 Å². The zero-order valence-corrected chi connectivity index (χ0v) is 22.0. The van der Waals surface area contributed by atoms with E-state index in [-0.39, 0.29) is 0 Å². The number of aromatic nitrogens is 2. The van der Waals surface area contributed by atoms with Crippen molar-refractivity contribution < 1.29 is 4.42 Å². The maximum absolute atomic E-state index is 6.26. The summed E-state index contributed by atoms with van der Waals surface area (Å²) in [6.07, 6.45) is 0. The van der Waals surface area contributed by atoms with Crippen molar-refractivity contribution in [1.29, 1.82) is 0 Å². The molecule has 9 aromatic rings. The highest BCUT2D eigenvalue weighted by molar-refractivity contribution is 6.23. The molecular formula is C38H22N2O. The number of hydrogen-bond acceptors (Lipinski definition) is 3. The second kappa shape index (κ2) is 8.48. The van der Waals surface area contributed by atoms with Gasteiger partial charge in [0.25, 0.3) is 0 Å². The summed E-state index contributed by atoms with van der Waals surface area (Å²) in [5, 5.41) is 10.6. The van der Waals surface area contributed by atoms with Gasteiger partial charge in [-0.15, -0.1) is 0 Å². The van der Waals surface area contributed by atoms with E-state index in [4.69, 9.17) is 14.4 Å². The van der Waals surface area contributed by atoms with Crippen molar-refractivity contribution in [1.82, 2.24) is 9.97 Å². The molecule has 0 aliphatic heterocycles. The maximum atomic E-state index is 6.26.